The lowest BCUT2D eigenvalue weighted by Gasteiger charge is -2.51. The predicted molar refractivity (Wildman–Crippen MR) is 133 cm³/mol. The molecule has 2 aliphatic carbocycles. The van der Waals surface area contributed by atoms with Crippen molar-refractivity contribution in [2.24, 2.45) is 16.7 Å². The van der Waals surface area contributed by atoms with Gasteiger partial charge in [0.2, 0.25) is 15.9 Å². The van der Waals surface area contributed by atoms with E-state index in [1.807, 2.05) is 77.7 Å². The van der Waals surface area contributed by atoms with Gasteiger partial charge in [-0.05, 0) is 41.7 Å². The first-order valence-electron chi connectivity index (χ1n) is 12.3. The van der Waals surface area contributed by atoms with Crippen LogP contribution in [0.3, 0.4) is 0 Å². The molecule has 2 bridgehead atoms. The number of hydrogen-bond acceptors (Lipinski definition) is 3. The SMILES string of the molecule is CC1(C)C2CCC13CS(=O)(=O)N(C1C(=O)N(Cc4ccccc4)C1C=Cc1ccccc1)C3C2. The molecular formula is C28H32N2O3S. The van der Waals surface area contributed by atoms with Crippen molar-refractivity contribution < 1.29 is 13.2 Å². The summed E-state index contributed by atoms with van der Waals surface area (Å²) in [5.41, 5.74) is 1.85. The topological polar surface area (TPSA) is 57.7 Å². The van der Waals surface area contributed by atoms with Crippen LogP contribution in [0.2, 0.25) is 0 Å². The summed E-state index contributed by atoms with van der Waals surface area (Å²) >= 11 is 0. The van der Waals surface area contributed by atoms with Gasteiger partial charge in [-0.15, -0.1) is 0 Å². The number of β-lactam (4-membered cyclic amide) rings is 1. The Morgan fingerprint density at radius 3 is 2.38 bits per heavy atom. The highest BCUT2D eigenvalue weighted by Crippen LogP contribution is 2.70. The molecule has 0 aromatic heterocycles. The van der Waals surface area contributed by atoms with Crippen molar-refractivity contribution in [3.63, 3.8) is 0 Å². The molecule has 1 amide bonds. The van der Waals surface area contributed by atoms with E-state index in [0.29, 0.717) is 12.5 Å². The maximum absolute atomic E-state index is 13.6. The monoisotopic (exact) mass is 476 g/mol. The van der Waals surface area contributed by atoms with Crippen molar-refractivity contribution in [2.45, 2.75) is 57.8 Å². The fourth-order valence-corrected chi connectivity index (χ4v) is 10.2. The molecular weight excluding hydrogens is 444 g/mol. The van der Waals surface area contributed by atoms with Crippen LogP contribution in [0.15, 0.2) is 66.7 Å². The maximum atomic E-state index is 13.6. The van der Waals surface area contributed by atoms with Gasteiger partial charge in [-0.25, -0.2) is 8.42 Å². The quantitative estimate of drug-likeness (QED) is 0.604. The lowest BCUT2D eigenvalue weighted by molar-refractivity contribution is -0.155. The average molecular weight is 477 g/mol. The highest BCUT2D eigenvalue weighted by molar-refractivity contribution is 7.89. The highest BCUT2D eigenvalue weighted by atomic mass is 32.2. The van der Waals surface area contributed by atoms with Crippen molar-refractivity contribution in [2.75, 3.05) is 5.75 Å². The van der Waals surface area contributed by atoms with Crippen LogP contribution in [0.1, 0.15) is 44.2 Å². The van der Waals surface area contributed by atoms with E-state index < -0.39 is 16.1 Å². The number of carbonyl (C=O) groups is 1. The Morgan fingerprint density at radius 2 is 1.71 bits per heavy atom. The fraction of sp³-hybridized carbons (Fsp3) is 0.464. The maximum Gasteiger partial charge on any atom is 0.244 e. The molecule has 1 spiro atoms. The Hall–Kier alpha value is -2.44. The molecule has 34 heavy (non-hydrogen) atoms. The Labute approximate surface area is 202 Å². The lowest BCUT2D eigenvalue weighted by Crippen LogP contribution is -2.71. The van der Waals surface area contributed by atoms with E-state index in [9.17, 15) is 13.2 Å². The minimum atomic E-state index is -3.51. The summed E-state index contributed by atoms with van der Waals surface area (Å²) in [4.78, 5) is 15.4. The van der Waals surface area contributed by atoms with Crippen LogP contribution in [0.5, 0.6) is 0 Å². The molecule has 5 unspecified atom stereocenters. The second-order valence-corrected chi connectivity index (χ2v) is 13.0. The third kappa shape index (κ3) is 3.01. The second kappa shape index (κ2) is 7.53. The van der Waals surface area contributed by atoms with Gasteiger partial charge in [0.25, 0.3) is 0 Å². The van der Waals surface area contributed by atoms with E-state index in [1.54, 1.807) is 4.31 Å². The Kier molecular flexibility index (Phi) is 4.88. The summed E-state index contributed by atoms with van der Waals surface area (Å²) in [5.74, 6) is 0.642. The zero-order valence-electron chi connectivity index (χ0n) is 19.8. The predicted octanol–water partition coefficient (Wildman–Crippen LogP) is 4.32. The molecule has 2 aromatic rings. The second-order valence-electron chi connectivity index (χ2n) is 11.1. The normalized spacial score (nSPS) is 35.6. The molecule has 6 rings (SSSR count). The Balaban J connectivity index is 1.36. The van der Waals surface area contributed by atoms with Crippen molar-refractivity contribution >= 4 is 22.0 Å². The molecule has 2 aromatic carbocycles. The van der Waals surface area contributed by atoms with Crippen molar-refractivity contribution in [3.05, 3.63) is 77.9 Å². The molecule has 4 fully saturated rings. The largest absolute Gasteiger partial charge is 0.328 e. The van der Waals surface area contributed by atoms with E-state index in [-0.39, 0.29) is 34.6 Å². The van der Waals surface area contributed by atoms with E-state index in [4.69, 9.17) is 0 Å². The van der Waals surface area contributed by atoms with Gasteiger partial charge in [0.05, 0.1) is 11.8 Å². The van der Waals surface area contributed by atoms with Gasteiger partial charge in [0.15, 0.2) is 0 Å². The number of nitrogens with zero attached hydrogens (tertiary/aromatic N) is 2. The Bertz CT molecular complexity index is 1240. The Morgan fingerprint density at radius 1 is 1.03 bits per heavy atom. The van der Waals surface area contributed by atoms with Crippen molar-refractivity contribution in [1.29, 1.82) is 0 Å². The molecule has 2 saturated heterocycles. The van der Waals surface area contributed by atoms with Crippen LogP contribution in [-0.2, 0) is 21.4 Å². The summed E-state index contributed by atoms with van der Waals surface area (Å²) in [6.07, 6.45) is 6.98. The first kappa shape index (κ1) is 22.1. The van der Waals surface area contributed by atoms with Crippen LogP contribution in [0.4, 0.5) is 0 Å². The van der Waals surface area contributed by atoms with Gasteiger partial charge >= 0.3 is 0 Å². The van der Waals surface area contributed by atoms with Crippen LogP contribution >= 0.6 is 0 Å². The molecule has 0 N–H and O–H groups in total. The fourth-order valence-electron chi connectivity index (χ4n) is 7.44. The average Bonchev–Trinajstić information content (AvgIpc) is 3.30. The summed E-state index contributed by atoms with van der Waals surface area (Å²) < 4.78 is 28.9. The minimum Gasteiger partial charge on any atom is -0.328 e. The van der Waals surface area contributed by atoms with Gasteiger partial charge in [0, 0.05) is 18.0 Å². The molecule has 4 aliphatic rings. The van der Waals surface area contributed by atoms with Crippen LogP contribution in [0.25, 0.3) is 6.08 Å². The summed E-state index contributed by atoms with van der Waals surface area (Å²) in [6.45, 7) is 4.99. The van der Waals surface area contributed by atoms with Crippen LogP contribution in [0, 0.1) is 16.7 Å². The summed E-state index contributed by atoms with van der Waals surface area (Å²) in [6, 6.07) is 18.9. The minimum absolute atomic E-state index is 0.00855. The number of amides is 1. The molecule has 0 radical (unpaired) electrons. The van der Waals surface area contributed by atoms with Gasteiger partial charge in [-0.2, -0.15) is 4.31 Å². The van der Waals surface area contributed by atoms with Crippen LogP contribution < -0.4 is 0 Å². The first-order valence-corrected chi connectivity index (χ1v) is 13.9. The smallest absolute Gasteiger partial charge is 0.244 e. The van der Waals surface area contributed by atoms with Crippen LogP contribution in [-0.4, -0.2) is 47.4 Å². The van der Waals surface area contributed by atoms with Gasteiger partial charge in [0.1, 0.15) is 6.04 Å². The number of likely N-dealkylation sites (tertiary alicyclic amines) is 1. The molecule has 2 heterocycles. The molecule has 2 saturated carbocycles. The number of sulfonamides is 1. The van der Waals surface area contributed by atoms with E-state index >= 15 is 0 Å². The lowest BCUT2D eigenvalue weighted by atomic mass is 9.68. The third-order valence-electron chi connectivity index (χ3n) is 9.43. The van der Waals surface area contributed by atoms with E-state index in [1.165, 1.54) is 0 Å². The zero-order valence-corrected chi connectivity index (χ0v) is 20.6. The number of benzene rings is 2. The number of rotatable bonds is 5. The first-order chi connectivity index (χ1) is 16.2. The van der Waals surface area contributed by atoms with Gasteiger partial charge < -0.3 is 4.90 Å². The number of fused-ring (bicyclic) bond motifs is 1. The third-order valence-corrected chi connectivity index (χ3v) is 11.4. The van der Waals surface area contributed by atoms with E-state index in [2.05, 4.69) is 13.8 Å². The van der Waals surface area contributed by atoms with Crippen molar-refractivity contribution in [3.8, 4) is 0 Å². The number of carbonyl (C=O) groups excluding carboxylic acids is 1. The molecule has 5 atom stereocenters. The van der Waals surface area contributed by atoms with Gasteiger partial charge in [-0.1, -0.05) is 86.7 Å². The molecule has 6 heteroatoms. The molecule has 2 aliphatic heterocycles. The molecule has 178 valence electrons. The summed E-state index contributed by atoms with van der Waals surface area (Å²) in [5, 5.41) is 0. The molecule has 5 nitrogen and oxygen atoms in total. The van der Waals surface area contributed by atoms with Crippen molar-refractivity contribution in [1.82, 2.24) is 9.21 Å². The van der Waals surface area contributed by atoms with E-state index in [0.717, 1.165) is 30.4 Å². The number of hydrogen-bond donors (Lipinski definition) is 0. The summed E-state index contributed by atoms with van der Waals surface area (Å²) in [7, 11) is -3.51. The standard InChI is InChI=1S/C28H32N2O3S/c1-27(2)22-15-16-28(27)19-34(32,33)30(24(28)17-22)25-23(14-13-20-9-5-3-6-10-20)29(26(25)31)18-21-11-7-4-8-12-21/h3-14,22-25H,15-19H2,1-2H3. The highest BCUT2D eigenvalue weighted by Gasteiger charge is 2.74. The van der Waals surface area contributed by atoms with Gasteiger partial charge in [-0.3, -0.25) is 4.79 Å². The zero-order chi connectivity index (χ0) is 23.7.